The number of carbonyl (C=O) groups is 1. The molecule has 212 valence electrons. The number of aromatic nitrogens is 3. The van der Waals surface area contributed by atoms with Crippen molar-refractivity contribution in [2.75, 3.05) is 42.6 Å². The summed E-state index contributed by atoms with van der Waals surface area (Å²) in [5, 5.41) is 10.1. The Morgan fingerprint density at radius 3 is 2.61 bits per heavy atom. The van der Waals surface area contributed by atoms with Gasteiger partial charge in [0.2, 0.25) is 0 Å². The molecule has 3 aromatic heterocycles. The van der Waals surface area contributed by atoms with Crippen molar-refractivity contribution in [1.82, 2.24) is 19.4 Å². The third-order valence-corrected chi connectivity index (χ3v) is 6.87. The summed E-state index contributed by atoms with van der Waals surface area (Å²) < 4.78 is 41.8. The normalized spacial score (nSPS) is 14.3. The number of nitrogens with zero attached hydrogens (tertiary/aromatic N) is 4. The number of piperidine rings is 1. The van der Waals surface area contributed by atoms with Gasteiger partial charge in [0.1, 0.15) is 12.2 Å². The molecule has 1 amide bonds. The Labute approximate surface area is 236 Å². The van der Waals surface area contributed by atoms with Crippen molar-refractivity contribution in [3.05, 3.63) is 78.5 Å². The van der Waals surface area contributed by atoms with Crippen molar-refractivity contribution in [2.45, 2.75) is 31.6 Å². The minimum atomic E-state index is -4.39. The molecule has 1 aromatic carbocycles. The average molecular weight is 562 g/mol. The largest absolute Gasteiger partial charge is 0.406 e. The van der Waals surface area contributed by atoms with E-state index in [-0.39, 0.29) is 29.9 Å². The van der Waals surface area contributed by atoms with Crippen LogP contribution in [0.3, 0.4) is 0 Å². The fourth-order valence-electron chi connectivity index (χ4n) is 4.78. The number of nitrogens with one attached hydrogen (secondary N) is 3. The number of carbonyl (C=O) groups excluding carboxylic acids is 1. The van der Waals surface area contributed by atoms with E-state index in [0.29, 0.717) is 16.9 Å². The van der Waals surface area contributed by atoms with E-state index in [1.807, 2.05) is 6.07 Å². The topological polar surface area (TPSA) is 87.1 Å². The summed E-state index contributed by atoms with van der Waals surface area (Å²) in [5.74, 6) is 5.47. The van der Waals surface area contributed by atoms with E-state index >= 15 is 0 Å². The molecule has 1 fully saturated rings. The number of anilines is 3. The van der Waals surface area contributed by atoms with Gasteiger partial charge in [-0.25, -0.2) is 4.98 Å². The number of pyridine rings is 2. The molecule has 3 N–H and O–H groups in total. The number of benzene rings is 1. The number of halogens is 3. The lowest BCUT2D eigenvalue weighted by Crippen LogP contribution is -2.36. The molecule has 41 heavy (non-hydrogen) atoms. The number of fused-ring (bicyclic) bond motifs is 1. The number of rotatable bonds is 7. The number of likely N-dealkylation sites (tertiary alicyclic amines) is 1. The second kappa shape index (κ2) is 12.3. The Morgan fingerprint density at radius 1 is 1.07 bits per heavy atom. The Balaban J connectivity index is 1.28. The molecular weight excluding hydrogens is 531 g/mol. The highest BCUT2D eigenvalue weighted by Crippen LogP contribution is 2.31. The molecule has 0 saturated carbocycles. The SMILES string of the molecule is CN1CCC(Nc2cccc3c2cc(C#CCNc2ccc(C(=O)Nc4cccnc4)nc2)n3CC(F)(F)F)CC1. The fraction of sp³-hybridized carbons (Fsp3) is 0.300. The molecule has 0 aliphatic carbocycles. The lowest BCUT2D eigenvalue weighted by atomic mass is 10.0. The van der Waals surface area contributed by atoms with Gasteiger partial charge in [0, 0.05) is 23.3 Å². The van der Waals surface area contributed by atoms with E-state index in [4.69, 9.17) is 0 Å². The number of hydrogen-bond acceptors (Lipinski definition) is 6. The molecule has 11 heteroatoms. The Bertz CT molecular complexity index is 1550. The maximum atomic E-state index is 13.5. The van der Waals surface area contributed by atoms with Crippen molar-refractivity contribution in [2.24, 2.45) is 0 Å². The molecule has 0 bridgehead atoms. The maximum Gasteiger partial charge on any atom is 0.406 e. The first-order valence-electron chi connectivity index (χ1n) is 13.3. The summed E-state index contributed by atoms with van der Waals surface area (Å²) in [4.78, 5) is 22.8. The predicted molar refractivity (Wildman–Crippen MR) is 154 cm³/mol. The summed E-state index contributed by atoms with van der Waals surface area (Å²) in [6.07, 6.45) is 2.20. The zero-order chi connectivity index (χ0) is 28.8. The van der Waals surface area contributed by atoms with E-state index in [1.165, 1.54) is 17.0 Å². The summed E-state index contributed by atoms with van der Waals surface area (Å²) in [6.45, 7) is 1.00. The molecular formula is C30H30F3N7O. The quantitative estimate of drug-likeness (QED) is 0.269. The molecule has 1 aliphatic rings. The van der Waals surface area contributed by atoms with Gasteiger partial charge in [0.25, 0.3) is 5.91 Å². The second-order valence-corrected chi connectivity index (χ2v) is 9.97. The highest BCUT2D eigenvalue weighted by atomic mass is 19.4. The van der Waals surface area contributed by atoms with Crippen LogP contribution in [0.15, 0.2) is 67.1 Å². The first-order chi connectivity index (χ1) is 19.7. The highest BCUT2D eigenvalue weighted by Gasteiger charge is 2.30. The van der Waals surface area contributed by atoms with Crippen LogP contribution in [0.1, 0.15) is 29.0 Å². The summed E-state index contributed by atoms with van der Waals surface area (Å²) in [7, 11) is 2.09. The van der Waals surface area contributed by atoms with Gasteiger partial charge in [-0.05, 0) is 81.4 Å². The molecule has 1 aliphatic heterocycles. The third-order valence-electron chi connectivity index (χ3n) is 6.87. The van der Waals surface area contributed by atoms with Gasteiger partial charge in [-0.3, -0.25) is 9.78 Å². The second-order valence-electron chi connectivity index (χ2n) is 9.97. The average Bonchev–Trinajstić information content (AvgIpc) is 3.30. The van der Waals surface area contributed by atoms with Crippen LogP contribution in [-0.4, -0.2) is 64.2 Å². The van der Waals surface area contributed by atoms with Crippen LogP contribution in [0.25, 0.3) is 10.9 Å². The molecule has 1 saturated heterocycles. The Kier molecular flexibility index (Phi) is 8.40. The van der Waals surface area contributed by atoms with Gasteiger partial charge < -0.3 is 25.4 Å². The highest BCUT2D eigenvalue weighted by molar-refractivity contribution is 6.02. The molecule has 0 spiro atoms. The monoisotopic (exact) mass is 561 g/mol. The van der Waals surface area contributed by atoms with Gasteiger partial charge >= 0.3 is 6.18 Å². The van der Waals surface area contributed by atoms with E-state index in [0.717, 1.165) is 37.0 Å². The number of hydrogen-bond donors (Lipinski definition) is 3. The first-order valence-corrected chi connectivity index (χ1v) is 13.3. The zero-order valence-electron chi connectivity index (χ0n) is 22.5. The van der Waals surface area contributed by atoms with Crippen molar-refractivity contribution < 1.29 is 18.0 Å². The van der Waals surface area contributed by atoms with Crippen molar-refractivity contribution in [1.29, 1.82) is 0 Å². The van der Waals surface area contributed by atoms with Crippen LogP contribution in [0.4, 0.5) is 30.2 Å². The van der Waals surface area contributed by atoms with Crippen LogP contribution >= 0.6 is 0 Å². The van der Waals surface area contributed by atoms with Crippen LogP contribution in [0.5, 0.6) is 0 Å². The van der Waals surface area contributed by atoms with Crippen molar-refractivity contribution in [3.63, 3.8) is 0 Å². The van der Waals surface area contributed by atoms with E-state index in [2.05, 4.69) is 49.7 Å². The Hall–Kier alpha value is -4.56. The third kappa shape index (κ3) is 7.35. The van der Waals surface area contributed by atoms with Crippen molar-refractivity contribution >= 4 is 33.9 Å². The summed E-state index contributed by atoms with van der Waals surface area (Å²) >= 11 is 0. The number of amides is 1. The molecule has 4 heterocycles. The lowest BCUT2D eigenvalue weighted by molar-refractivity contribution is -0.140. The minimum absolute atomic E-state index is 0.178. The van der Waals surface area contributed by atoms with E-state index in [1.54, 1.807) is 48.7 Å². The molecule has 4 aromatic rings. The van der Waals surface area contributed by atoms with Crippen LogP contribution in [0.2, 0.25) is 0 Å². The van der Waals surface area contributed by atoms with Gasteiger partial charge in [-0.1, -0.05) is 12.0 Å². The smallest absolute Gasteiger partial charge is 0.382 e. The molecule has 0 unspecified atom stereocenters. The van der Waals surface area contributed by atoms with E-state index < -0.39 is 12.7 Å². The molecule has 0 atom stereocenters. The lowest BCUT2D eigenvalue weighted by Gasteiger charge is -2.30. The predicted octanol–water partition coefficient (Wildman–Crippen LogP) is 5.22. The summed E-state index contributed by atoms with van der Waals surface area (Å²) in [5.41, 5.74) is 3.01. The van der Waals surface area contributed by atoms with E-state index in [9.17, 15) is 18.0 Å². The zero-order valence-corrected chi connectivity index (χ0v) is 22.5. The maximum absolute atomic E-state index is 13.5. The molecule has 0 radical (unpaired) electrons. The minimum Gasteiger partial charge on any atom is -0.382 e. The van der Waals surface area contributed by atoms with Gasteiger partial charge in [0.05, 0.1) is 41.5 Å². The van der Waals surface area contributed by atoms with Gasteiger partial charge in [0.15, 0.2) is 0 Å². The number of alkyl halides is 3. The first kappa shape index (κ1) is 28.0. The van der Waals surface area contributed by atoms with Gasteiger partial charge in [-0.15, -0.1) is 0 Å². The van der Waals surface area contributed by atoms with Crippen LogP contribution < -0.4 is 16.0 Å². The fourth-order valence-corrected chi connectivity index (χ4v) is 4.78. The standard InChI is InChI=1S/C30H30F3N7O/c1-39-15-11-21(12-16-39)37-26-7-2-8-28-25(26)17-24(40(28)20-30(31,32)33)6-4-14-35-22-9-10-27(36-19-22)29(41)38-23-5-3-13-34-18-23/h2-3,5,7-10,13,17-19,21,35,37H,11-12,14-16,20H2,1H3,(H,38,41). The van der Waals surface area contributed by atoms with Crippen LogP contribution in [-0.2, 0) is 6.54 Å². The summed E-state index contributed by atoms with van der Waals surface area (Å²) in [6, 6.07) is 14.1. The molecule has 5 rings (SSSR count). The van der Waals surface area contributed by atoms with Crippen LogP contribution in [0, 0.1) is 11.8 Å². The Morgan fingerprint density at radius 2 is 1.90 bits per heavy atom. The molecule has 8 nitrogen and oxygen atoms in total. The van der Waals surface area contributed by atoms with Crippen molar-refractivity contribution in [3.8, 4) is 11.8 Å². The van der Waals surface area contributed by atoms with Gasteiger partial charge in [-0.2, -0.15) is 13.2 Å².